The summed E-state index contributed by atoms with van der Waals surface area (Å²) in [7, 11) is 6.96. The van der Waals surface area contributed by atoms with Gasteiger partial charge in [-0.3, -0.25) is 4.79 Å². The highest BCUT2D eigenvalue weighted by Crippen LogP contribution is 2.28. The summed E-state index contributed by atoms with van der Waals surface area (Å²) >= 11 is 0. The van der Waals surface area contributed by atoms with Gasteiger partial charge in [-0.1, -0.05) is 6.07 Å². The zero-order valence-corrected chi connectivity index (χ0v) is 12.0. The number of nitrogens with one attached hydrogen (secondary N) is 1. The van der Waals surface area contributed by atoms with Crippen LogP contribution in [0.4, 0.5) is 0 Å². The second-order valence-corrected chi connectivity index (χ2v) is 4.40. The van der Waals surface area contributed by atoms with Crippen LogP contribution in [0.3, 0.4) is 0 Å². The van der Waals surface area contributed by atoms with Crippen LogP contribution in [0.5, 0.6) is 11.5 Å². The highest BCUT2D eigenvalue weighted by molar-refractivity contribution is 5.75. The molecule has 1 amide bonds. The van der Waals surface area contributed by atoms with Crippen molar-refractivity contribution in [3.8, 4) is 11.5 Å². The normalized spacial score (nSPS) is 10.1. The molecule has 5 nitrogen and oxygen atoms in total. The van der Waals surface area contributed by atoms with Gasteiger partial charge in [0.05, 0.1) is 20.1 Å². The molecule has 1 N–H and O–H groups in total. The SMILES string of the molecule is CNCc1ccc(OCCC(=O)N(C)C)c(OC)c1. The fourth-order valence-electron chi connectivity index (χ4n) is 1.62. The van der Waals surface area contributed by atoms with Crippen molar-refractivity contribution < 1.29 is 14.3 Å². The number of ether oxygens (including phenoxy) is 2. The molecule has 0 saturated carbocycles. The number of carbonyl (C=O) groups excluding carboxylic acids is 1. The van der Waals surface area contributed by atoms with Crippen LogP contribution in [-0.4, -0.2) is 45.7 Å². The molecule has 0 heterocycles. The molecule has 0 spiro atoms. The summed E-state index contributed by atoms with van der Waals surface area (Å²) in [6.07, 6.45) is 0.356. The molecule has 5 heteroatoms. The number of carbonyl (C=O) groups is 1. The molecule has 106 valence electrons. The summed E-state index contributed by atoms with van der Waals surface area (Å²) in [5.41, 5.74) is 1.12. The van der Waals surface area contributed by atoms with E-state index in [0.29, 0.717) is 24.5 Å². The minimum absolute atomic E-state index is 0.0470. The van der Waals surface area contributed by atoms with Gasteiger partial charge in [0.15, 0.2) is 11.5 Å². The Hall–Kier alpha value is -1.75. The predicted molar refractivity (Wildman–Crippen MR) is 74.6 cm³/mol. The Labute approximate surface area is 114 Å². The van der Waals surface area contributed by atoms with Crippen LogP contribution in [-0.2, 0) is 11.3 Å². The van der Waals surface area contributed by atoms with Gasteiger partial charge in [-0.25, -0.2) is 0 Å². The second-order valence-electron chi connectivity index (χ2n) is 4.40. The van der Waals surface area contributed by atoms with Gasteiger partial charge in [0.1, 0.15) is 0 Å². The Morgan fingerprint density at radius 1 is 1.32 bits per heavy atom. The molecule has 0 atom stereocenters. The van der Waals surface area contributed by atoms with Crippen molar-refractivity contribution in [3.05, 3.63) is 23.8 Å². The van der Waals surface area contributed by atoms with Gasteiger partial charge in [-0.2, -0.15) is 0 Å². The zero-order valence-electron chi connectivity index (χ0n) is 12.0. The molecule has 0 aromatic heterocycles. The molecule has 19 heavy (non-hydrogen) atoms. The largest absolute Gasteiger partial charge is 0.493 e. The minimum atomic E-state index is 0.0470. The first-order valence-electron chi connectivity index (χ1n) is 6.23. The molecule has 0 unspecified atom stereocenters. The van der Waals surface area contributed by atoms with Crippen molar-refractivity contribution in [2.45, 2.75) is 13.0 Å². The third kappa shape index (κ3) is 4.79. The van der Waals surface area contributed by atoms with Gasteiger partial charge in [0.25, 0.3) is 0 Å². The van der Waals surface area contributed by atoms with E-state index in [4.69, 9.17) is 9.47 Å². The van der Waals surface area contributed by atoms with Crippen LogP contribution in [0, 0.1) is 0 Å². The third-order valence-electron chi connectivity index (χ3n) is 2.68. The van der Waals surface area contributed by atoms with Gasteiger partial charge in [0, 0.05) is 20.6 Å². The van der Waals surface area contributed by atoms with Gasteiger partial charge >= 0.3 is 0 Å². The molecule has 0 saturated heterocycles. The molecule has 0 aliphatic heterocycles. The topological polar surface area (TPSA) is 50.8 Å². The van der Waals surface area contributed by atoms with Crippen LogP contribution in [0.1, 0.15) is 12.0 Å². The van der Waals surface area contributed by atoms with Crippen molar-refractivity contribution in [1.29, 1.82) is 0 Å². The van der Waals surface area contributed by atoms with Gasteiger partial charge < -0.3 is 19.7 Å². The first-order chi connectivity index (χ1) is 9.08. The van der Waals surface area contributed by atoms with Gasteiger partial charge in [0.2, 0.25) is 5.91 Å². The van der Waals surface area contributed by atoms with Crippen LogP contribution in [0.15, 0.2) is 18.2 Å². The standard InChI is InChI=1S/C14H22N2O3/c1-15-10-11-5-6-12(13(9-11)18-4)19-8-7-14(17)16(2)3/h5-6,9,15H,7-8,10H2,1-4H3. The van der Waals surface area contributed by atoms with E-state index in [1.165, 1.54) is 0 Å². The Morgan fingerprint density at radius 3 is 2.63 bits per heavy atom. The van der Waals surface area contributed by atoms with Crippen LogP contribution in [0.25, 0.3) is 0 Å². The number of benzene rings is 1. The maximum atomic E-state index is 11.4. The number of methoxy groups -OCH3 is 1. The van der Waals surface area contributed by atoms with Crippen molar-refractivity contribution in [3.63, 3.8) is 0 Å². The van der Waals surface area contributed by atoms with E-state index in [0.717, 1.165) is 12.1 Å². The zero-order chi connectivity index (χ0) is 14.3. The highest BCUT2D eigenvalue weighted by Gasteiger charge is 2.08. The predicted octanol–water partition coefficient (Wildman–Crippen LogP) is 1.27. The van der Waals surface area contributed by atoms with E-state index in [-0.39, 0.29) is 5.91 Å². The molecule has 1 aromatic rings. The Balaban J connectivity index is 2.60. The molecule has 0 radical (unpaired) electrons. The summed E-state index contributed by atoms with van der Waals surface area (Å²) in [5.74, 6) is 1.39. The fourth-order valence-corrected chi connectivity index (χ4v) is 1.62. The highest BCUT2D eigenvalue weighted by atomic mass is 16.5. The monoisotopic (exact) mass is 266 g/mol. The van der Waals surface area contributed by atoms with E-state index >= 15 is 0 Å². The molecule has 1 aromatic carbocycles. The molecular formula is C14H22N2O3. The molecule has 0 bridgehead atoms. The van der Waals surface area contributed by atoms with E-state index in [2.05, 4.69) is 5.32 Å². The van der Waals surface area contributed by atoms with E-state index in [1.807, 2.05) is 25.2 Å². The minimum Gasteiger partial charge on any atom is -0.493 e. The van der Waals surface area contributed by atoms with E-state index < -0.39 is 0 Å². The van der Waals surface area contributed by atoms with Gasteiger partial charge in [-0.15, -0.1) is 0 Å². The smallest absolute Gasteiger partial charge is 0.225 e. The molecule has 0 aliphatic carbocycles. The quantitative estimate of drug-likeness (QED) is 0.807. The number of amides is 1. The van der Waals surface area contributed by atoms with Crippen molar-refractivity contribution in [2.24, 2.45) is 0 Å². The Bertz CT molecular complexity index is 419. The second kappa shape index (κ2) is 7.63. The lowest BCUT2D eigenvalue weighted by atomic mass is 10.2. The maximum absolute atomic E-state index is 11.4. The van der Waals surface area contributed by atoms with Crippen molar-refractivity contribution in [1.82, 2.24) is 10.2 Å². The van der Waals surface area contributed by atoms with Gasteiger partial charge in [-0.05, 0) is 24.7 Å². The number of hydrogen-bond donors (Lipinski definition) is 1. The molecule has 1 rings (SSSR count). The Kier molecular flexibility index (Phi) is 6.15. The van der Waals surface area contributed by atoms with E-state index in [1.54, 1.807) is 26.1 Å². The first-order valence-corrected chi connectivity index (χ1v) is 6.23. The summed E-state index contributed by atoms with van der Waals surface area (Å²) in [4.78, 5) is 13.0. The fraction of sp³-hybridized carbons (Fsp3) is 0.500. The van der Waals surface area contributed by atoms with Crippen LogP contribution >= 0.6 is 0 Å². The maximum Gasteiger partial charge on any atom is 0.225 e. The first kappa shape index (κ1) is 15.3. The van der Waals surface area contributed by atoms with Crippen LogP contribution < -0.4 is 14.8 Å². The lowest BCUT2D eigenvalue weighted by Crippen LogP contribution is -2.23. The lowest BCUT2D eigenvalue weighted by Gasteiger charge is -2.13. The molecule has 0 fully saturated rings. The van der Waals surface area contributed by atoms with Crippen molar-refractivity contribution in [2.75, 3.05) is 34.9 Å². The average Bonchev–Trinajstić information content (AvgIpc) is 2.40. The summed E-state index contributed by atoms with van der Waals surface area (Å²) < 4.78 is 10.9. The number of hydrogen-bond acceptors (Lipinski definition) is 4. The van der Waals surface area contributed by atoms with E-state index in [9.17, 15) is 4.79 Å². The number of rotatable bonds is 7. The van der Waals surface area contributed by atoms with Crippen molar-refractivity contribution >= 4 is 5.91 Å². The Morgan fingerprint density at radius 2 is 2.05 bits per heavy atom. The number of nitrogens with zero attached hydrogens (tertiary/aromatic N) is 1. The summed E-state index contributed by atoms with van der Waals surface area (Å²) in [6, 6.07) is 5.77. The molecule has 0 aliphatic rings. The molecular weight excluding hydrogens is 244 g/mol. The van der Waals surface area contributed by atoms with Crippen LogP contribution in [0.2, 0.25) is 0 Å². The average molecular weight is 266 g/mol. The summed E-state index contributed by atoms with van der Waals surface area (Å²) in [6.45, 7) is 1.12. The third-order valence-corrected chi connectivity index (χ3v) is 2.68. The summed E-state index contributed by atoms with van der Waals surface area (Å²) in [5, 5.41) is 3.08. The lowest BCUT2D eigenvalue weighted by molar-refractivity contribution is -0.129.